The molecule has 6 rings (SSSR count). The van der Waals surface area contributed by atoms with E-state index in [1.807, 2.05) is 6.07 Å². The lowest BCUT2D eigenvalue weighted by molar-refractivity contribution is -0.0499. The molecule has 0 unspecified atom stereocenters. The first-order chi connectivity index (χ1) is 22.0. The van der Waals surface area contributed by atoms with Crippen molar-refractivity contribution in [1.29, 1.82) is 0 Å². The highest BCUT2D eigenvalue weighted by atomic mass is 32.2. The zero-order chi connectivity index (χ0) is 32.7. The Bertz CT molecular complexity index is 2180. The van der Waals surface area contributed by atoms with Crippen LogP contribution in [0.3, 0.4) is 0 Å². The quantitative estimate of drug-likeness (QED) is 0.0952. The van der Waals surface area contributed by atoms with Crippen LogP contribution in [-0.2, 0) is 14.7 Å². The van der Waals surface area contributed by atoms with Crippen LogP contribution in [0.1, 0.15) is 0 Å². The maximum Gasteiger partial charge on any atom is 0.534 e. The molecule has 234 valence electrons. The van der Waals surface area contributed by atoms with Gasteiger partial charge in [-0.2, -0.15) is 21.6 Å². The lowest BCUT2D eigenvalue weighted by atomic mass is 9.93. The Hall–Kier alpha value is -4.79. The van der Waals surface area contributed by atoms with Crippen molar-refractivity contribution in [3.8, 4) is 28.4 Å². The van der Waals surface area contributed by atoms with E-state index >= 15 is 4.57 Å². The molecule has 0 bridgehead atoms. The second-order valence-corrected chi connectivity index (χ2v) is 14.6. The molecule has 0 heterocycles. The SMILES string of the molecule is COc1ccc(P(=O)(c2ccc(OC)cc2)c2ccc3ccccc3c2-c2c(OS(=O)(=O)C(F)(F)F)ccc3ccccc23)cc1. The zero-order valence-corrected chi connectivity index (χ0v) is 26.2. The van der Waals surface area contributed by atoms with Crippen molar-refractivity contribution in [2.45, 2.75) is 5.51 Å². The molecular formula is C35H26F3O6PS. The van der Waals surface area contributed by atoms with Gasteiger partial charge in [-0.05, 0) is 82.2 Å². The summed E-state index contributed by atoms with van der Waals surface area (Å²) in [6, 6.07) is 33.5. The van der Waals surface area contributed by atoms with Crippen molar-refractivity contribution >= 4 is 54.7 Å². The van der Waals surface area contributed by atoms with Crippen LogP contribution in [0.4, 0.5) is 13.2 Å². The number of ether oxygens (including phenoxy) is 2. The summed E-state index contributed by atoms with van der Waals surface area (Å²) in [5.74, 6) is 0.515. The molecule has 46 heavy (non-hydrogen) atoms. The van der Waals surface area contributed by atoms with Crippen molar-refractivity contribution in [2.24, 2.45) is 0 Å². The van der Waals surface area contributed by atoms with Gasteiger partial charge in [0.15, 0.2) is 12.9 Å². The van der Waals surface area contributed by atoms with Gasteiger partial charge in [-0.15, -0.1) is 0 Å². The molecule has 0 aromatic heterocycles. The lowest BCUT2D eigenvalue weighted by Gasteiger charge is -2.26. The summed E-state index contributed by atoms with van der Waals surface area (Å²) < 4.78 is 97.4. The van der Waals surface area contributed by atoms with Crippen LogP contribution in [-0.4, -0.2) is 28.1 Å². The molecule has 0 N–H and O–H groups in total. The monoisotopic (exact) mass is 662 g/mol. The molecule has 0 spiro atoms. The topological polar surface area (TPSA) is 78.9 Å². The van der Waals surface area contributed by atoms with E-state index in [4.69, 9.17) is 13.7 Å². The molecule has 6 aromatic rings. The van der Waals surface area contributed by atoms with E-state index in [0.29, 0.717) is 43.7 Å². The van der Waals surface area contributed by atoms with Crippen molar-refractivity contribution in [2.75, 3.05) is 14.2 Å². The van der Waals surface area contributed by atoms with Crippen LogP contribution in [0.5, 0.6) is 17.2 Å². The molecule has 0 aliphatic rings. The number of rotatable bonds is 8. The maximum absolute atomic E-state index is 15.9. The molecular weight excluding hydrogens is 636 g/mol. The molecule has 0 atom stereocenters. The highest BCUT2D eigenvalue weighted by Crippen LogP contribution is 2.50. The second-order valence-electron chi connectivity index (χ2n) is 10.3. The van der Waals surface area contributed by atoms with Gasteiger partial charge in [-0.25, -0.2) is 0 Å². The minimum atomic E-state index is -6.07. The number of hydrogen-bond donors (Lipinski definition) is 0. The van der Waals surface area contributed by atoms with Crippen LogP contribution in [0.15, 0.2) is 121 Å². The first-order valence-corrected chi connectivity index (χ1v) is 17.0. The van der Waals surface area contributed by atoms with Crippen LogP contribution < -0.4 is 29.6 Å². The predicted molar refractivity (Wildman–Crippen MR) is 175 cm³/mol. The largest absolute Gasteiger partial charge is 0.534 e. The number of benzene rings is 6. The summed E-state index contributed by atoms with van der Waals surface area (Å²) in [6.45, 7) is 0. The maximum atomic E-state index is 15.9. The summed E-state index contributed by atoms with van der Waals surface area (Å²) >= 11 is 0. The van der Waals surface area contributed by atoms with Crippen LogP contribution in [0, 0.1) is 0 Å². The van der Waals surface area contributed by atoms with E-state index in [2.05, 4.69) is 0 Å². The minimum Gasteiger partial charge on any atom is -0.497 e. The van der Waals surface area contributed by atoms with Crippen molar-refractivity contribution < 1.29 is 39.8 Å². The average Bonchev–Trinajstić information content (AvgIpc) is 3.07. The van der Waals surface area contributed by atoms with Gasteiger partial charge in [0.1, 0.15) is 11.5 Å². The Balaban J connectivity index is 1.78. The van der Waals surface area contributed by atoms with Gasteiger partial charge < -0.3 is 18.2 Å². The van der Waals surface area contributed by atoms with Gasteiger partial charge in [0, 0.05) is 27.0 Å². The van der Waals surface area contributed by atoms with Crippen LogP contribution in [0.25, 0.3) is 32.7 Å². The molecule has 11 heteroatoms. The van der Waals surface area contributed by atoms with Gasteiger partial charge >= 0.3 is 15.6 Å². The number of halogens is 3. The Labute approximate surface area is 263 Å². The summed E-state index contributed by atoms with van der Waals surface area (Å²) in [5.41, 5.74) is -5.35. The predicted octanol–water partition coefficient (Wildman–Crippen LogP) is 7.55. The van der Waals surface area contributed by atoms with E-state index in [0.717, 1.165) is 0 Å². The Morgan fingerprint density at radius 3 is 1.52 bits per heavy atom. The Morgan fingerprint density at radius 1 is 0.587 bits per heavy atom. The fraction of sp³-hybridized carbons (Fsp3) is 0.0857. The van der Waals surface area contributed by atoms with Gasteiger partial charge in [0.2, 0.25) is 0 Å². The van der Waals surface area contributed by atoms with Crippen LogP contribution >= 0.6 is 7.14 Å². The third-order valence-corrected chi connectivity index (χ3v) is 11.8. The Kier molecular flexibility index (Phi) is 8.04. The molecule has 0 saturated heterocycles. The average molecular weight is 663 g/mol. The standard InChI is InChI=1S/C35H26F3O6PS/c1-42-25-13-17-27(18-14-25)45(39,28-19-15-26(43-2)16-20-28)32-22-12-24-8-4-6-10-30(24)34(32)33-29-9-5-3-7-23(29)11-21-31(33)44-46(40,41)35(36,37)38/h3-22H,1-2H3. The van der Waals surface area contributed by atoms with Gasteiger partial charge in [-0.3, -0.25) is 0 Å². The van der Waals surface area contributed by atoms with Gasteiger partial charge in [0.25, 0.3) is 0 Å². The highest BCUT2D eigenvalue weighted by molar-refractivity contribution is 7.88. The van der Waals surface area contributed by atoms with Crippen molar-refractivity contribution in [3.05, 3.63) is 121 Å². The third kappa shape index (κ3) is 5.37. The molecule has 0 aliphatic heterocycles. The highest BCUT2D eigenvalue weighted by Gasteiger charge is 2.49. The molecule has 6 aromatic carbocycles. The molecule has 6 nitrogen and oxygen atoms in total. The second kappa shape index (κ2) is 11.9. The van der Waals surface area contributed by atoms with E-state index in [9.17, 15) is 21.6 Å². The normalized spacial score (nSPS) is 12.3. The summed E-state index contributed by atoms with van der Waals surface area (Å²) in [7, 11) is -6.91. The Morgan fingerprint density at radius 2 is 1.04 bits per heavy atom. The van der Waals surface area contributed by atoms with E-state index in [1.165, 1.54) is 26.4 Å². The third-order valence-electron chi connectivity index (χ3n) is 7.74. The summed E-state index contributed by atoms with van der Waals surface area (Å²) in [5, 5.41) is 3.35. The first kappa shape index (κ1) is 31.2. The van der Waals surface area contributed by atoms with Crippen molar-refractivity contribution in [3.63, 3.8) is 0 Å². The molecule has 0 aliphatic carbocycles. The van der Waals surface area contributed by atoms with E-state index in [1.54, 1.807) is 103 Å². The fourth-order valence-electron chi connectivity index (χ4n) is 5.54. The van der Waals surface area contributed by atoms with E-state index < -0.39 is 28.5 Å². The van der Waals surface area contributed by atoms with Gasteiger partial charge in [-0.1, -0.05) is 60.7 Å². The lowest BCUT2D eigenvalue weighted by Crippen LogP contribution is -2.29. The minimum absolute atomic E-state index is 0.0555. The smallest absolute Gasteiger partial charge is 0.497 e. The molecule has 0 fully saturated rings. The number of fused-ring (bicyclic) bond motifs is 2. The van der Waals surface area contributed by atoms with E-state index in [-0.39, 0.29) is 16.4 Å². The first-order valence-electron chi connectivity index (χ1n) is 13.9. The number of alkyl halides is 3. The number of methoxy groups -OCH3 is 2. The number of hydrogen-bond acceptors (Lipinski definition) is 6. The summed E-state index contributed by atoms with van der Waals surface area (Å²) in [6.07, 6.45) is 0. The van der Waals surface area contributed by atoms with Crippen molar-refractivity contribution in [1.82, 2.24) is 0 Å². The zero-order valence-electron chi connectivity index (χ0n) is 24.5. The fourth-order valence-corrected chi connectivity index (χ4v) is 8.83. The van der Waals surface area contributed by atoms with Crippen LogP contribution in [0.2, 0.25) is 0 Å². The molecule has 0 amide bonds. The summed E-state index contributed by atoms with van der Waals surface area (Å²) in [4.78, 5) is 0. The molecule has 0 saturated carbocycles. The van der Waals surface area contributed by atoms with Gasteiger partial charge in [0.05, 0.1) is 14.2 Å². The molecule has 0 radical (unpaired) electrons.